The third-order valence-corrected chi connectivity index (χ3v) is 3.61. The molecule has 2 aromatic carbocycles. The third-order valence-electron chi connectivity index (χ3n) is 3.61. The molecule has 0 bridgehead atoms. The molecule has 0 radical (unpaired) electrons. The summed E-state index contributed by atoms with van der Waals surface area (Å²) >= 11 is 0. The van der Waals surface area contributed by atoms with E-state index in [1.54, 1.807) is 41.3 Å². The highest BCUT2D eigenvalue weighted by Gasteiger charge is 2.21. The van der Waals surface area contributed by atoms with E-state index in [2.05, 4.69) is 0 Å². The lowest BCUT2D eigenvalue weighted by Gasteiger charge is -2.22. The van der Waals surface area contributed by atoms with Crippen LogP contribution in [0.2, 0.25) is 0 Å². The van der Waals surface area contributed by atoms with Gasteiger partial charge in [-0.05, 0) is 31.2 Å². The first-order valence-electron chi connectivity index (χ1n) is 7.46. The summed E-state index contributed by atoms with van der Waals surface area (Å²) in [7, 11) is 4.50. The first-order chi connectivity index (χ1) is 11.5. The highest BCUT2D eigenvalue weighted by atomic mass is 16.5. The summed E-state index contributed by atoms with van der Waals surface area (Å²) in [5.74, 6) is 1.11. The fraction of sp³-hybridized carbons (Fsp3) is 0.278. The van der Waals surface area contributed by atoms with E-state index >= 15 is 0 Å². The van der Waals surface area contributed by atoms with Crippen LogP contribution in [-0.2, 0) is 0 Å². The van der Waals surface area contributed by atoms with Crippen molar-refractivity contribution in [1.29, 1.82) is 0 Å². The van der Waals surface area contributed by atoms with Gasteiger partial charge in [-0.2, -0.15) is 0 Å². The molecule has 0 aliphatic heterocycles. The minimum atomic E-state index is -0.234. The van der Waals surface area contributed by atoms with Crippen molar-refractivity contribution in [2.24, 2.45) is 0 Å². The third kappa shape index (κ3) is 3.37. The molecule has 0 heterocycles. The molecule has 6 nitrogen and oxygen atoms in total. The van der Waals surface area contributed by atoms with Crippen molar-refractivity contribution in [1.82, 2.24) is 0 Å². The van der Waals surface area contributed by atoms with Crippen LogP contribution in [0.5, 0.6) is 23.0 Å². The second-order valence-electron chi connectivity index (χ2n) is 4.98. The molecule has 1 N–H and O–H groups in total. The number of rotatable bonds is 6. The summed E-state index contributed by atoms with van der Waals surface area (Å²) < 4.78 is 15.9. The Labute approximate surface area is 141 Å². The van der Waals surface area contributed by atoms with Crippen LogP contribution in [0.15, 0.2) is 36.4 Å². The van der Waals surface area contributed by atoms with Gasteiger partial charge in [0.1, 0.15) is 5.75 Å². The molecule has 0 atom stereocenters. The van der Waals surface area contributed by atoms with Crippen molar-refractivity contribution in [3.8, 4) is 23.0 Å². The van der Waals surface area contributed by atoms with Crippen molar-refractivity contribution in [3.05, 3.63) is 42.0 Å². The van der Waals surface area contributed by atoms with Crippen LogP contribution in [0.3, 0.4) is 0 Å². The van der Waals surface area contributed by atoms with Crippen LogP contribution < -0.4 is 19.1 Å². The number of aromatic hydroxyl groups is 1. The molecule has 0 aromatic heterocycles. The van der Waals surface area contributed by atoms with Gasteiger partial charge in [-0.15, -0.1) is 0 Å². The maximum atomic E-state index is 12.9. The topological polar surface area (TPSA) is 68.2 Å². The van der Waals surface area contributed by atoms with Crippen molar-refractivity contribution < 1.29 is 24.1 Å². The molecule has 0 fully saturated rings. The molecule has 128 valence electrons. The number of carbonyl (C=O) groups excluding carboxylic acids is 1. The molecule has 0 aliphatic rings. The van der Waals surface area contributed by atoms with Crippen molar-refractivity contribution in [2.75, 3.05) is 32.8 Å². The number of amides is 1. The molecule has 0 spiro atoms. The number of nitrogens with zero attached hydrogens (tertiary/aromatic N) is 1. The predicted octanol–water partition coefficient (Wildman–Crippen LogP) is 3.08. The minimum Gasteiger partial charge on any atom is -0.508 e. The Bertz CT molecular complexity index is 704. The molecule has 24 heavy (non-hydrogen) atoms. The molecule has 1 amide bonds. The van der Waals surface area contributed by atoms with Crippen LogP contribution in [0, 0.1) is 0 Å². The summed E-state index contributed by atoms with van der Waals surface area (Å²) in [5, 5.41) is 9.65. The van der Waals surface area contributed by atoms with E-state index in [0.29, 0.717) is 35.0 Å². The van der Waals surface area contributed by atoms with E-state index in [-0.39, 0.29) is 11.7 Å². The maximum Gasteiger partial charge on any atom is 0.258 e. The summed E-state index contributed by atoms with van der Waals surface area (Å²) in [5.41, 5.74) is 1.01. The monoisotopic (exact) mass is 331 g/mol. The van der Waals surface area contributed by atoms with E-state index in [1.165, 1.54) is 21.3 Å². The van der Waals surface area contributed by atoms with Crippen LogP contribution in [0.1, 0.15) is 17.3 Å². The number of hydrogen-bond acceptors (Lipinski definition) is 5. The average molecular weight is 331 g/mol. The first kappa shape index (κ1) is 17.5. The Hall–Kier alpha value is -2.89. The molecule has 0 aliphatic carbocycles. The molecular weight excluding hydrogens is 310 g/mol. The standard InChI is InChI=1S/C18H21NO5/c1-5-19(13-7-6-8-14(20)11-13)18(21)12-9-15(22-2)17(24-4)16(10-12)23-3/h6-11,20H,5H2,1-4H3. The minimum absolute atomic E-state index is 0.101. The fourth-order valence-electron chi connectivity index (χ4n) is 2.46. The van der Waals surface area contributed by atoms with Gasteiger partial charge in [0.05, 0.1) is 21.3 Å². The Morgan fingerprint density at radius 3 is 2.12 bits per heavy atom. The normalized spacial score (nSPS) is 10.2. The molecular formula is C18H21NO5. The number of phenolic OH excluding ortho intramolecular Hbond substituents is 1. The summed E-state index contributed by atoms with van der Waals surface area (Å²) in [6.07, 6.45) is 0. The second kappa shape index (κ2) is 7.59. The molecule has 2 rings (SSSR count). The van der Waals surface area contributed by atoms with Crippen molar-refractivity contribution in [2.45, 2.75) is 6.92 Å². The number of hydrogen-bond donors (Lipinski definition) is 1. The van der Waals surface area contributed by atoms with Crippen LogP contribution >= 0.6 is 0 Å². The zero-order chi connectivity index (χ0) is 17.7. The number of benzene rings is 2. The molecule has 2 aromatic rings. The van der Waals surface area contributed by atoms with Gasteiger partial charge < -0.3 is 24.2 Å². The Morgan fingerprint density at radius 1 is 1.04 bits per heavy atom. The van der Waals surface area contributed by atoms with Gasteiger partial charge >= 0.3 is 0 Å². The average Bonchev–Trinajstić information content (AvgIpc) is 2.60. The van der Waals surface area contributed by atoms with Crippen molar-refractivity contribution in [3.63, 3.8) is 0 Å². The number of anilines is 1. The van der Waals surface area contributed by atoms with Crippen LogP contribution in [0.25, 0.3) is 0 Å². The van der Waals surface area contributed by atoms with E-state index in [1.807, 2.05) is 6.92 Å². The fourth-order valence-corrected chi connectivity index (χ4v) is 2.46. The van der Waals surface area contributed by atoms with Gasteiger partial charge in [-0.3, -0.25) is 4.79 Å². The quantitative estimate of drug-likeness (QED) is 0.881. The lowest BCUT2D eigenvalue weighted by atomic mass is 10.1. The van der Waals surface area contributed by atoms with Crippen LogP contribution in [0.4, 0.5) is 5.69 Å². The highest BCUT2D eigenvalue weighted by molar-refractivity contribution is 6.06. The van der Waals surface area contributed by atoms with E-state index < -0.39 is 0 Å². The Morgan fingerprint density at radius 2 is 1.67 bits per heavy atom. The summed E-state index contributed by atoms with van der Waals surface area (Å²) in [6, 6.07) is 9.76. The van der Waals surface area contributed by atoms with Crippen LogP contribution in [-0.4, -0.2) is 38.9 Å². The van der Waals surface area contributed by atoms with Gasteiger partial charge in [-0.25, -0.2) is 0 Å². The maximum absolute atomic E-state index is 12.9. The summed E-state index contributed by atoms with van der Waals surface area (Å²) in [6.45, 7) is 2.30. The molecule has 0 unspecified atom stereocenters. The van der Waals surface area contributed by atoms with Gasteiger partial charge in [-0.1, -0.05) is 6.07 Å². The Balaban J connectivity index is 2.47. The zero-order valence-electron chi connectivity index (χ0n) is 14.2. The van der Waals surface area contributed by atoms with E-state index in [4.69, 9.17) is 14.2 Å². The van der Waals surface area contributed by atoms with E-state index in [0.717, 1.165) is 0 Å². The smallest absolute Gasteiger partial charge is 0.258 e. The van der Waals surface area contributed by atoms with Gasteiger partial charge in [0.25, 0.3) is 5.91 Å². The molecule has 0 saturated heterocycles. The number of ether oxygens (including phenoxy) is 3. The molecule has 6 heteroatoms. The lowest BCUT2D eigenvalue weighted by molar-refractivity contribution is 0.0987. The van der Waals surface area contributed by atoms with Crippen molar-refractivity contribution >= 4 is 11.6 Å². The number of methoxy groups -OCH3 is 3. The van der Waals surface area contributed by atoms with Gasteiger partial charge in [0.2, 0.25) is 5.75 Å². The molecule has 0 saturated carbocycles. The SMILES string of the molecule is CCN(C(=O)c1cc(OC)c(OC)c(OC)c1)c1cccc(O)c1. The van der Waals surface area contributed by atoms with Gasteiger partial charge in [0, 0.05) is 23.9 Å². The highest BCUT2D eigenvalue weighted by Crippen LogP contribution is 2.38. The first-order valence-corrected chi connectivity index (χ1v) is 7.46. The Kier molecular flexibility index (Phi) is 5.52. The summed E-state index contributed by atoms with van der Waals surface area (Å²) in [4.78, 5) is 14.5. The largest absolute Gasteiger partial charge is 0.508 e. The number of phenols is 1. The number of carbonyl (C=O) groups is 1. The predicted molar refractivity (Wildman–Crippen MR) is 91.6 cm³/mol. The zero-order valence-corrected chi connectivity index (χ0v) is 14.2. The van der Waals surface area contributed by atoms with Gasteiger partial charge in [0.15, 0.2) is 11.5 Å². The lowest BCUT2D eigenvalue weighted by Crippen LogP contribution is -2.30. The second-order valence-corrected chi connectivity index (χ2v) is 4.98. The van der Waals surface area contributed by atoms with E-state index in [9.17, 15) is 9.90 Å².